The van der Waals surface area contributed by atoms with Crippen LogP contribution in [0.4, 0.5) is 0 Å². The van der Waals surface area contributed by atoms with Gasteiger partial charge in [-0.3, -0.25) is 4.79 Å². The Balaban J connectivity index is 1.55. The molecule has 2 aromatic carbocycles. The fraction of sp³-hybridized carbons (Fsp3) is 0.348. The molecule has 1 amide bonds. The molecule has 0 saturated heterocycles. The minimum absolute atomic E-state index is 0.00750. The molecule has 1 aliphatic carbocycles. The number of primary amides is 1. The first-order chi connectivity index (χ1) is 13.7. The lowest BCUT2D eigenvalue weighted by molar-refractivity contribution is -0.144. The van der Waals surface area contributed by atoms with E-state index in [1.54, 1.807) is 6.08 Å². The number of ether oxygens (including phenoxy) is 2. The minimum atomic E-state index is -0.581. The van der Waals surface area contributed by atoms with E-state index >= 15 is 0 Å². The fourth-order valence-corrected chi connectivity index (χ4v) is 3.99. The van der Waals surface area contributed by atoms with Crippen LogP contribution in [0.5, 0.6) is 0 Å². The molecule has 0 unspecified atom stereocenters. The molecule has 28 heavy (non-hydrogen) atoms. The topological polar surface area (TPSA) is 81.8 Å². The van der Waals surface area contributed by atoms with Crippen LogP contribution in [0, 0.1) is 0 Å². The van der Waals surface area contributed by atoms with Gasteiger partial charge in [0.25, 0.3) is 5.91 Å². The average molecular weight is 379 g/mol. The van der Waals surface area contributed by atoms with Crippen molar-refractivity contribution in [2.45, 2.75) is 37.9 Å². The molecule has 5 heteroatoms. The number of benzene rings is 2. The van der Waals surface area contributed by atoms with E-state index in [-0.39, 0.29) is 18.3 Å². The van der Waals surface area contributed by atoms with E-state index in [1.807, 2.05) is 0 Å². The number of allylic oxidation sites excluding steroid dienone is 1. The van der Waals surface area contributed by atoms with Gasteiger partial charge in [-0.1, -0.05) is 42.5 Å². The monoisotopic (exact) mass is 379 g/mol. The van der Waals surface area contributed by atoms with Crippen molar-refractivity contribution in [2.24, 2.45) is 5.73 Å². The molecular weight excluding hydrogens is 354 g/mol. The molecule has 0 fully saturated rings. The number of rotatable bonds is 7. The number of hydrogen-bond donors (Lipinski definition) is 2. The molecule has 4 rings (SSSR count). The average Bonchev–Trinajstić information content (AvgIpc) is 3.09. The SMILES string of the molecule is NC(=O)C1=C[C@H](c2ccc3c(c2)Cc2ccccc2-3)C[C@H](OCCCCO)O1. The molecule has 0 radical (unpaired) electrons. The van der Waals surface area contributed by atoms with E-state index in [9.17, 15) is 4.79 Å². The van der Waals surface area contributed by atoms with Crippen molar-refractivity contribution in [3.8, 4) is 11.1 Å². The second-order valence-corrected chi connectivity index (χ2v) is 7.34. The Morgan fingerprint density at radius 3 is 2.79 bits per heavy atom. The van der Waals surface area contributed by atoms with Crippen molar-refractivity contribution in [2.75, 3.05) is 13.2 Å². The molecule has 0 aromatic heterocycles. The van der Waals surface area contributed by atoms with Crippen LogP contribution in [0.1, 0.15) is 41.9 Å². The van der Waals surface area contributed by atoms with Crippen LogP contribution >= 0.6 is 0 Å². The second-order valence-electron chi connectivity index (χ2n) is 7.34. The fourth-order valence-electron chi connectivity index (χ4n) is 3.99. The third-order valence-electron chi connectivity index (χ3n) is 5.40. The van der Waals surface area contributed by atoms with Crippen LogP contribution in [0.3, 0.4) is 0 Å². The van der Waals surface area contributed by atoms with Crippen molar-refractivity contribution >= 4 is 5.91 Å². The molecule has 2 atom stereocenters. The number of amides is 1. The first kappa shape index (κ1) is 18.7. The molecule has 5 nitrogen and oxygen atoms in total. The second kappa shape index (κ2) is 8.17. The quantitative estimate of drug-likeness (QED) is 0.618. The summed E-state index contributed by atoms with van der Waals surface area (Å²) in [7, 11) is 0. The summed E-state index contributed by atoms with van der Waals surface area (Å²) in [5.74, 6) is -0.414. The molecule has 2 aliphatic rings. The zero-order chi connectivity index (χ0) is 19.5. The summed E-state index contributed by atoms with van der Waals surface area (Å²) in [6, 6.07) is 15.0. The molecule has 146 valence electrons. The van der Waals surface area contributed by atoms with Crippen LogP contribution < -0.4 is 5.73 Å². The van der Waals surface area contributed by atoms with Gasteiger partial charge in [0.2, 0.25) is 6.29 Å². The first-order valence-electron chi connectivity index (χ1n) is 9.77. The molecule has 1 aliphatic heterocycles. The third-order valence-corrected chi connectivity index (χ3v) is 5.40. The van der Waals surface area contributed by atoms with Crippen LogP contribution in [0.2, 0.25) is 0 Å². The van der Waals surface area contributed by atoms with Crippen molar-refractivity contribution in [1.29, 1.82) is 0 Å². The lowest BCUT2D eigenvalue weighted by Crippen LogP contribution is -2.30. The van der Waals surface area contributed by atoms with Gasteiger partial charge in [-0.05, 0) is 53.2 Å². The van der Waals surface area contributed by atoms with Gasteiger partial charge >= 0.3 is 0 Å². The Hall–Kier alpha value is -2.63. The van der Waals surface area contributed by atoms with E-state index in [2.05, 4.69) is 42.5 Å². The normalized spacial score (nSPS) is 20.1. The van der Waals surface area contributed by atoms with E-state index in [0.29, 0.717) is 19.4 Å². The number of unbranched alkanes of at least 4 members (excludes halogenated alkanes) is 1. The highest BCUT2D eigenvalue weighted by molar-refractivity contribution is 5.90. The highest BCUT2D eigenvalue weighted by Crippen LogP contribution is 2.39. The van der Waals surface area contributed by atoms with Crippen LogP contribution in [0.25, 0.3) is 11.1 Å². The van der Waals surface area contributed by atoms with E-state index in [0.717, 1.165) is 18.4 Å². The molecule has 0 saturated carbocycles. The standard InChI is InChI=1S/C23H25NO4/c24-23(26)21-13-17(14-22(28-21)27-10-4-3-9-25)15-7-8-20-18(11-15)12-16-5-1-2-6-19(16)20/h1-2,5-8,11,13,17,22,25H,3-4,9-10,12,14H2,(H2,24,26)/t17-,22+/m0/s1. The molecule has 1 heterocycles. The third kappa shape index (κ3) is 3.81. The van der Waals surface area contributed by atoms with E-state index in [1.165, 1.54) is 22.3 Å². The predicted octanol–water partition coefficient (Wildman–Crippen LogP) is 3.25. The lowest BCUT2D eigenvalue weighted by Gasteiger charge is -2.29. The Morgan fingerprint density at radius 1 is 1.14 bits per heavy atom. The molecule has 3 N–H and O–H groups in total. The van der Waals surface area contributed by atoms with E-state index < -0.39 is 12.2 Å². The van der Waals surface area contributed by atoms with Gasteiger partial charge in [0.15, 0.2) is 5.76 Å². The van der Waals surface area contributed by atoms with Crippen molar-refractivity contribution in [3.05, 3.63) is 71.0 Å². The number of nitrogens with two attached hydrogens (primary N) is 1. The maximum Gasteiger partial charge on any atom is 0.283 e. The zero-order valence-corrected chi connectivity index (χ0v) is 15.8. The van der Waals surface area contributed by atoms with Crippen LogP contribution in [-0.4, -0.2) is 30.5 Å². The Kier molecular flexibility index (Phi) is 5.46. The summed E-state index contributed by atoms with van der Waals surface area (Å²) < 4.78 is 11.4. The van der Waals surface area contributed by atoms with Gasteiger partial charge in [0.1, 0.15) is 0 Å². The summed E-state index contributed by atoms with van der Waals surface area (Å²) in [5.41, 5.74) is 11.8. The van der Waals surface area contributed by atoms with Gasteiger partial charge in [-0.25, -0.2) is 0 Å². The summed E-state index contributed by atoms with van der Waals surface area (Å²) in [6.45, 7) is 0.616. The van der Waals surface area contributed by atoms with Crippen molar-refractivity contribution in [3.63, 3.8) is 0 Å². The largest absolute Gasteiger partial charge is 0.459 e. The summed E-state index contributed by atoms with van der Waals surface area (Å²) in [6.07, 6.45) is 4.27. The number of aliphatic hydroxyl groups excluding tert-OH is 1. The smallest absolute Gasteiger partial charge is 0.283 e. The van der Waals surface area contributed by atoms with Crippen molar-refractivity contribution < 1.29 is 19.4 Å². The number of carbonyl (C=O) groups is 1. The van der Waals surface area contributed by atoms with Gasteiger partial charge in [-0.2, -0.15) is 0 Å². The van der Waals surface area contributed by atoms with Gasteiger partial charge in [0, 0.05) is 18.9 Å². The molecular formula is C23H25NO4. The van der Waals surface area contributed by atoms with Gasteiger partial charge in [-0.15, -0.1) is 0 Å². The number of hydrogen-bond acceptors (Lipinski definition) is 4. The van der Waals surface area contributed by atoms with Gasteiger partial charge in [0.05, 0.1) is 6.61 Å². The Bertz CT molecular complexity index is 905. The predicted molar refractivity (Wildman–Crippen MR) is 106 cm³/mol. The van der Waals surface area contributed by atoms with E-state index in [4.69, 9.17) is 20.3 Å². The Labute approximate surface area is 164 Å². The zero-order valence-electron chi connectivity index (χ0n) is 15.8. The minimum Gasteiger partial charge on any atom is -0.459 e. The summed E-state index contributed by atoms with van der Waals surface area (Å²) in [4.78, 5) is 11.7. The maximum absolute atomic E-state index is 11.7. The lowest BCUT2D eigenvalue weighted by atomic mass is 9.90. The maximum atomic E-state index is 11.7. The highest BCUT2D eigenvalue weighted by atomic mass is 16.7. The van der Waals surface area contributed by atoms with Crippen LogP contribution in [0.15, 0.2) is 54.3 Å². The molecule has 2 aromatic rings. The van der Waals surface area contributed by atoms with Crippen molar-refractivity contribution in [1.82, 2.24) is 0 Å². The molecule has 0 bridgehead atoms. The number of aliphatic hydroxyl groups is 1. The van der Waals surface area contributed by atoms with Gasteiger partial charge < -0.3 is 20.3 Å². The number of fused-ring (bicyclic) bond motifs is 3. The summed E-state index contributed by atoms with van der Waals surface area (Å²) in [5, 5.41) is 8.89. The Morgan fingerprint density at radius 2 is 1.96 bits per heavy atom. The molecule has 0 spiro atoms. The highest BCUT2D eigenvalue weighted by Gasteiger charge is 2.28. The first-order valence-corrected chi connectivity index (χ1v) is 9.77. The van der Waals surface area contributed by atoms with Crippen LogP contribution in [-0.2, 0) is 20.7 Å². The number of carbonyl (C=O) groups excluding carboxylic acids is 1. The summed E-state index contributed by atoms with van der Waals surface area (Å²) >= 11 is 0.